The summed E-state index contributed by atoms with van der Waals surface area (Å²) in [7, 11) is -6.34. The number of rotatable bonds is 9. The number of nitrogens with zero attached hydrogens (tertiary/aromatic N) is 1. The molecule has 0 bridgehead atoms. The number of ether oxygens (including phenoxy) is 1. The molecule has 12 heteroatoms. The Morgan fingerprint density at radius 3 is 2.33 bits per heavy atom. The monoisotopic (exact) mass is 499 g/mol. The Labute approximate surface area is 193 Å². The highest BCUT2D eigenvalue weighted by molar-refractivity contribution is 7.89. The number of anilines is 1. The maximum Gasteiger partial charge on any atom is 0.255 e. The number of hydrogen-bond acceptors (Lipinski definition) is 6. The van der Waals surface area contributed by atoms with Crippen LogP contribution in [0.4, 0.5) is 10.1 Å². The van der Waals surface area contributed by atoms with Gasteiger partial charge in [0.25, 0.3) is 5.91 Å². The summed E-state index contributed by atoms with van der Waals surface area (Å²) in [6.07, 6.45) is 1.40. The van der Waals surface area contributed by atoms with Crippen LogP contribution in [0.5, 0.6) is 0 Å². The second-order valence-corrected chi connectivity index (χ2v) is 11.3. The molecular weight excluding hydrogens is 473 g/mol. The van der Waals surface area contributed by atoms with E-state index in [4.69, 9.17) is 4.74 Å². The molecule has 1 aliphatic rings. The van der Waals surface area contributed by atoms with Crippen LogP contribution in [0.2, 0.25) is 0 Å². The molecule has 1 fully saturated rings. The van der Waals surface area contributed by atoms with Crippen molar-refractivity contribution in [2.45, 2.75) is 35.6 Å². The average molecular weight is 500 g/mol. The number of benzene rings is 2. The van der Waals surface area contributed by atoms with E-state index in [-0.39, 0.29) is 22.8 Å². The molecule has 1 amide bonds. The van der Waals surface area contributed by atoms with Crippen molar-refractivity contribution >= 4 is 31.6 Å². The smallest absolute Gasteiger partial charge is 0.255 e. The maximum atomic E-state index is 14.3. The fourth-order valence-electron chi connectivity index (χ4n) is 3.45. The van der Waals surface area contributed by atoms with Crippen molar-refractivity contribution in [1.82, 2.24) is 9.03 Å². The highest BCUT2D eigenvalue weighted by Gasteiger charge is 2.30. The Balaban J connectivity index is 1.75. The number of amides is 1. The summed E-state index contributed by atoms with van der Waals surface area (Å²) >= 11 is 0. The minimum atomic E-state index is -4.04. The standard InChI is InChI=1S/C21H26FN3O6S2/c1-15(14-31-2)24-32(27,28)18-8-6-17(7-9-18)23-21(26)16-5-10-19(22)20(13-16)33(29,30)25-11-3-4-12-25/h5-10,13,15,24H,3-4,11-12,14H2,1-2H3,(H,23,26). The lowest BCUT2D eigenvalue weighted by atomic mass is 10.2. The van der Waals surface area contributed by atoms with E-state index in [9.17, 15) is 26.0 Å². The zero-order valence-corrected chi connectivity index (χ0v) is 19.9. The summed E-state index contributed by atoms with van der Waals surface area (Å²) in [5, 5.41) is 2.56. The molecule has 9 nitrogen and oxygen atoms in total. The fraction of sp³-hybridized carbons (Fsp3) is 0.381. The average Bonchev–Trinajstić information content (AvgIpc) is 3.30. The Morgan fingerprint density at radius 1 is 1.09 bits per heavy atom. The molecule has 3 rings (SSSR count). The third kappa shape index (κ3) is 5.95. The van der Waals surface area contributed by atoms with Crippen molar-refractivity contribution < 1.29 is 30.8 Å². The zero-order chi connectivity index (χ0) is 24.2. The predicted molar refractivity (Wildman–Crippen MR) is 120 cm³/mol. The van der Waals surface area contributed by atoms with Crippen molar-refractivity contribution in [3.8, 4) is 0 Å². The lowest BCUT2D eigenvalue weighted by Gasteiger charge is -2.16. The van der Waals surface area contributed by atoms with Crippen molar-refractivity contribution in [1.29, 1.82) is 0 Å². The lowest BCUT2D eigenvalue weighted by Crippen LogP contribution is -2.35. The molecule has 1 heterocycles. The van der Waals surface area contributed by atoms with Crippen LogP contribution in [0.25, 0.3) is 0 Å². The Bertz CT molecular complexity index is 1210. The highest BCUT2D eigenvalue weighted by Crippen LogP contribution is 2.25. The van der Waals surface area contributed by atoms with Crippen molar-refractivity contribution in [2.24, 2.45) is 0 Å². The van der Waals surface area contributed by atoms with Crippen LogP contribution < -0.4 is 10.0 Å². The van der Waals surface area contributed by atoms with Gasteiger partial charge in [-0.25, -0.2) is 25.9 Å². The van der Waals surface area contributed by atoms with Crippen LogP contribution in [0.15, 0.2) is 52.3 Å². The largest absolute Gasteiger partial charge is 0.383 e. The van der Waals surface area contributed by atoms with E-state index in [1.807, 2.05) is 0 Å². The molecule has 1 aliphatic heterocycles. The Hall–Kier alpha value is -2.38. The van der Waals surface area contributed by atoms with Gasteiger partial charge in [-0.1, -0.05) is 0 Å². The summed E-state index contributed by atoms with van der Waals surface area (Å²) in [6, 6.07) is 8.17. The summed E-state index contributed by atoms with van der Waals surface area (Å²) in [6.45, 7) is 2.50. The molecule has 0 spiro atoms. The normalized spacial score (nSPS) is 16.0. The van der Waals surface area contributed by atoms with Gasteiger partial charge in [0.05, 0.1) is 11.5 Å². The number of nitrogens with one attached hydrogen (secondary N) is 2. The first-order valence-electron chi connectivity index (χ1n) is 10.3. The summed E-state index contributed by atoms with van der Waals surface area (Å²) in [4.78, 5) is 12.1. The molecule has 1 unspecified atom stereocenters. The number of halogens is 1. The van der Waals surface area contributed by atoms with Crippen molar-refractivity contribution in [3.63, 3.8) is 0 Å². The molecule has 2 N–H and O–H groups in total. The number of sulfonamides is 2. The van der Waals surface area contributed by atoms with Crippen molar-refractivity contribution in [3.05, 3.63) is 53.8 Å². The van der Waals surface area contributed by atoms with Crippen LogP contribution in [-0.4, -0.2) is 59.9 Å². The first-order valence-corrected chi connectivity index (χ1v) is 13.2. The Kier molecular flexibility index (Phi) is 7.85. The van der Waals surface area contributed by atoms with Gasteiger partial charge in [-0.2, -0.15) is 4.31 Å². The van der Waals surface area contributed by atoms with E-state index in [2.05, 4.69) is 10.0 Å². The number of hydrogen-bond donors (Lipinski definition) is 2. The first kappa shape index (κ1) is 25.2. The van der Waals surface area contributed by atoms with Crippen LogP contribution in [0.1, 0.15) is 30.1 Å². The molecule has 1 saturated heterocycles. The molecule has 0 radical (unpaired) electrons. The molecular formula is C21H26FN3O6S2. The second-order valence-electron chi connectivity index (χ2n) is 7.71. The topological polar surface area (TPSA) is 122 Å². The van der Waals surface area contributed by atoms with E-state index >= 15 is 0 Å². The van der Waals surface area contributed by atoms with Gasteiger partial charge >= 0.3 is 0 Å². The van der Waals surface area contributed by atoms with E-state index in [1.165, 1.54) is 41.7 Å². The van der Waals surface area contributed by atoms with Gasteiger partial charge in [-0.05, 0) is 62.2 Å². The molecule has 2 aromatic rings. The van der Waals surface area contributed by atoms with Gasteiger partial charge in [-0.15, -0.1) is 0 Å². The van der Waals surface area contributed by atoms with Gasteiger partial charge in [0.2, 0.25) is 20.0 Å². The van der Waals surface area contributed by atoms with E-state index < -0.39 is 42.7 Å². The fourth-order valence-corrected chi connectivity index (χ4v) is 6.28. The number of carbonyl (C=O) groups excluding carboxylic acids is 1. The van der Waals surface area contributed by atoms with E-state index in [1.54, 1.807) is 6.92 Å². The van der Waals surface area contributed by atoms with E-state index in [0.717, 1.165) is 12.1 Å². The lowest BCUT2D eigenvalue weighted by molar-refractivity contribution is 0.102. The van der Waals surface area contributed by atoms with Crippen LogP contribution in [-0.2, 0) is 24.8 Å². The quantitative estimate of drug-likeness (QED) is 0.545. The first-order chi connectivity index (χ1) is 15.5. The Morgan fingerprint density at radius 2 is 1.73 bits per heavy atom. The third-order valence-electron chi connectivity index (χ3n) is 5.07. The minimum absolute atomic E-state index is 0.00391. The SMILES string of the molecule is COCC(C)NS(=O)(=O)c1ccc(NC(=O)c2ccc(F)c(S(=O)(=O)N3CCCC3)c2)cc1. The van der Waals surface area contributed by atoms with Crippen molar-refractivity contribution in [2.75, 3.05) is 32.1 Å². The molecule has 33 heavy (non-hydrogen) atoms. The van der Waals surface area contributed by atoms with Crippen LogP contribution in [0, 0.1) is 5.82 Å². The molecule has 0 aromatic heterocycles. The zero-order valence-electron chi connectivity index (χ0n) is 18.2. The highest BCUT2D eigenvalue weighted by atomic mass is 32.2. The number of carbonyl (C=O) groups is 1. The molecule has 1 atom stereocenters. The van der Waals surface area contributed by atoms with Gasteiger partial charge < -0.3 is 10.1 Å². The second kappa shape index (κ2) is 10.3. The van der Waals surface area contributed by atoms with Gasteiger partial charge in [0.15, 0.2) is 0 Å². The summed E-state index contributed by atoms with van der Waals surface area (Å²) in [5.41, 5.74) is 0.248. The van der Waals surface area contributed by atoms with Crippen LogP contribution >= 0.6 is 0 Å². The van der Waals surface area contributed by atoms with Gasteiger partial charge in [-0.3, -0.25) is 4.79 Å². The summed E-state index contributed by atoms with van der Waals surface area (Å²) < 4.78 is 73.1. The van der Waals surface area contributed by atoms with Gasteiger partial charge in [0, 0.05) is 37.5 Å². The molecule has 0 saturated carbocycles. The number of methoxy groups -OCH3 is 1. The molecule has 2 aromatic carbocycles. The predicted octanol–water partition coefficient (Wildman–Crippen LogP) is 2.18. The van der Waals surface area contributed by atoms with Crippen LogP contribution in [0.3, 0.4) is 0 Å². The third-order valence-corrected chi connectivity index (χ3v) is 8.59. The molecule has 0 aliphatic carbocycles. The minimum Gasteiger partial charge on any atom is -0.383 e. The van der Waals surface area contributed by atoms with Gasteiger partial charge in [0.1, 0.15) is 10.7 Å². The maximum absolute atomic E-state index is 14.3. The molecule has 180 valence electrons. The van der Waals surface area contributed by atoms with E-state index in [0.29, 0.717) is 25.9 Å². The summed E-state index contributed by atoms with van der Waals surface area (Å²) in [5.74, 6) is -1.58.